The molecule has 1 amide bonds. The summed E-state index contributed by atoms with van der Waals surface area (Å²) in [6, 6.07) is 3.59. The minimum Gasteiger partial charge on any atom is -0.323 e. The largest absolute Gasteiger partial charge is 0.323 e. The van der Waals surface area contributed by atoms with Crippen LogP contribution >= 0.6 is 0 Å². The number of carbonyl (C=O) groups is 1. The molecule has 1 aliphatic heterocycles. The van der Waals surface area contributed by atoms with Crippen LogP contribution in [0.5, 0.6) is 0 Å². The molecule has 0 aromatic carbocycles. The van der Waals surface area contributed by atoms with Crippen molar-refractivity contribution >= 4 is 11.6 Å². The van der Waals surface area contributed by atoms with E-state index in [9.17, 15) is 4.79 Å². The Kier molecular flexibility index (Phi) is 3.47. The fraction of sp³-hybridized carbons (Fsp3) is 0.357. The third kappa shape index (κ3) is 2.55. The van der Waals surface area contributed by atoms with Crippen LogP contribution in [0, 0.1) is 5.92 Å². The Labute approximate surface area is 117 Å². The number of anilines is 1. The van der Waals surface area contributed by atoms with Crippen LogP contribution in [0.1, 0.15) is 13.3 Å². The highest BCUT2D eigenvalue weighted by Crippen LogP contribution is 2.17. The summed E-state index contributed by atoms with van der Waals surface area (Å²) in [7, 11) is 0. The second-order valence-corrected chi connectivity index (χ2v) is 5.06. The van der Waals surface area contributed by atoms with E-state index in [0.717, 1.165) is 18.8 Å². The molecule has 3 rings (SSSR count). The van der Waals surface area contributed by atoms with Crippen molar-refractivity contribution in [3.8, 4) is 5.82 Å². The van der Waals surface area contributed by atoms with Crippen molar-refractivity contribution in [3.05, 3.63) is 37.1 Å². The number of nitrogens with zero attached hydrogens (tertiary/aromatic N) is 3. The SMILES string of the molecule is CC1CCNC1C(=O)Nc1ccc(-n2ccnc2)nc1. The Bertz CT molecular complexity index is 578. The minimum absolute atomic E-state index is 0.00665. The van der Waals surface area contributed by atoms with E-state index in [0.29, 0.717) is 11.6 Å². The Morgan fingerprint density at radius 1 is 1.50 bits per heavy atom. The van der Waals surface area contributed by atoms with Crippen molar-refractivity contribution in [3.63, 3.8) is 0 Å². The molecule has 2 N–H and O–H groups in total. The minimum atomic E-state index is -0.108. The van der Waals surface area contributed by atoms with Crippen LogP contribution in [0.15, 0.2) is 37.1 Å². The Balaban J connectivity index is 1.68. The number of amides is 1. The van der Waals surface area contributed by atoms with Gasteiger partial charge in [-0.05, 0) is 31.0 Å². The number of pyridine rings is 1. The van der Waals surface area contributed by atoms with E-state index in [1.165, 1.54) is 0 Å². The van der Waals surface area contributed by atoms with E-state index in [2.05, 4.69) is 27.5 Å². The van der Waals surface area contributed by atoms with Crippen LogP contribution in [0.25, 0.3) is 5.82 Å². The molecule has 20 heavy (non-hydrogen) atoms. The molecule has 0 aliphatic carbocycles. The van der Waals surface area contributed by atoms with Crippen LogP contribution < -0.4 is 10.6 Å². The molecule has 0 saturated carbocycles. The molecule has 0 bridgehead atoms. The lowest BCUT2D eigenvalue weighted by Crippen LogP contribution is -2.39. The van der Waals surface area contributed by atoms with Gasteiger partial charge < -0.3 is 10.6 Å². The number of hydrogen-bond acceptors (Lipinski definition) is 4. The average molecular weight is 271 g/mol. The predicted molar refractivity (Wildman–Crippen MR) is 75.6 cm³/mol. The van der Waals surface area contributed by atoms with E-state index < -0.39 is 0 Å². The summed E-state index contributed by atoms with van der Waals surface area (Å²) in [6.07, 6.45) is 7.91. The smallest absolute Gasteiger partial charge is 0.241 e. The summed E-state index contributed by atoms with van der Waals surface area (Å²) >= 11 is 0. The van der Waals surface area contributed by atoms with Gasteiger partial charge in [0, 0.05) is 12.4 Å². The lowest BCUT2D eigenvalue weighted by Gasteiger charge is -2.15. The molecule has 2 aromatic rings. The zero-order valence-electron chi connectivity index (χ0n) is 11.3. The summed E-state index contributed by atoms with van der Waals surface area (Å²) < 4.78 is 1.81. The fourth-order valence-electron chi connectivity index (χ4n) is 2.41. The van der Waals surface area contributed by atoms with Gasteiger partial charge >= 0.3 is 0 Å². The number of hydrogen-bond donors (Lipinski definition) is 2. The Morgan fingerprint density at radius 2 is 2.40 bits per heavy atom. The standard InChI is InChI=1S/C14H17N5O/c1-10-4-5-16-13(10)14(20)18-11-2-3-12(17-8-11)19-7-6-15-9-19/h2-3,6-10,13,16H,4-5H2,1H3,(H,18,20). The van der Waals surface area contributed by atoms with Crippen molar-refractivity contribution in [1.82, 2.24) is 19.9 Å². The van der Waals surface area contributed by atoms with Gasteiger partial charge in [0.25, 0.3) is 0 Å². The van der Waals surface area contributed by atoms with Crippen LogP contribution in [-0.2, 0) is 4.79 Å². The van der Waals surface area contributed by atoms with Gasteiger partial charge in [-0.1, -0.05) is 6.92 Å². The molecule has 3 heterocycles. The van der Waals surface area contributed by atoms with E-state index in [-0.39, 0.29) is 11.9 Å². The molecular weight excluding hydrogens is 254 g/mol. The molecule has 1 aliphatic rings. The highest BCUT2D eigenvalue weighted by atomic mass is 16.2. The zero-order valence-corrected chi connectivity index (χ0v) is 11.3. The maximum absolute atomic E-state index is 12.1. The molecule has 1 fully saturated rings. The van der Waals surface area contributed by atoms with Crippen LogP contribution in [0.2, 0.25) is 0 Å². The van der Waals surface area contributed by atoms with Crippen molar-refractivity contribution in [2.75, 3.05) is 11.9 Å². The van der Waals surface area contributed by atoms with Crippen LogP contribution in [0.3, 0.4) is 0 Å². The van der Waals surface area contributed by atoms with E-state index >= 15 is 0 Å². The average Bonchev–Trinajstić information content (AvgIpc) is 3.10. The highest BCUT2D eigenvalue weighted by Gasteiger charge is 2.29. The van der Waals surface area contributed by atoms with Crippen LogP contribution in [0.4, 0.5) is 5.69 Å². The summed E-state index contributed by atoms with van der Waals surface area (Å²) in [6.45, 7) is 2.99. The van der Waals surface area contributed by atoms with Crippen molar-refractivity contribution < 1.29 is 4.79 Å². The number of aromatic nitrogens is 3. The molecule has 104 valence electrons. The zero-order chi connectivity index (χ0) is 13.9. The molecule has 0 radical (unpaired) electrons. The number of nitrogens with one attached hydrogen (secondary N) is 2. The second-order valence-electron chi connectivity index (χ2n) is 5.06. The van der Waals surface area contributed by atoms with Gasteiger partial charge in [0.05, 0.1) is 17.9 Å². The monoisotopic (exact) mass is 271 g/mol. The fourth-order valence-corrected chi connectivity index (χ4v) is 2.41. The first-order chi connectivity index (χ1) is 9.74. The van der Waals surface area contributed by atoms with Gasteiger partial charge in [0.1, 0.15) is 12.1 Å². The number of imidazole rings is 1. The van der Waals surface area contributed by atoms with Gasteiger partial charge in [-0.2, -0.15) is 0 Å². The first-order valence-corrected chi connectivity index (χ1v) is 6.72. The predicted octanol–water partition coefficient (Wildman–Crippen LogP) is 1.20. The summed E-state index contributed by atoms with van der Waals surface area (Å²) in [5, 5.41) is 6.11. The molecule has 2 aromatic heterocycles. The maximum atomic E-state index is 12.1. The Morgan fingerprint density at radius 3 is 3.00 bits per heavy atom. The summed E-state index contributed by atoms with van der Waals surface area (Å²) in [5.74, 6) is 1.15. The van der Waals surface area contributed by atoms with Crippen molar-refractivity contribution in [2.24, 2.45) is 5.92 Å². The molecule has 6 nitrogen and oxygen atoms in total. The normalized spacial score (nSPS) is 21.9. The lowest BCUT2D eigenvalue weighted by atomic mass is 10.0. The third-order valence-electron chi connectivity index (χ3n) is 3.60. The molecule has 2 atom stereocenters. The summed E-state index contributed by atoms with van der Waals surface area (Å²) in [5.41, 5.74) is 0.708. The topological polar surface area (TPSA) is 71.8 Å². The number of carbonyl (C=O) groups excluding carboxylic acids is 1. The van der Waals surface area contributed by atoms with E-state index in [1.54, 1.807) is 18.7 Å². The van der Waals surface area contributed by atoms with Gasteiger partial charge in [-0.3, -0.25) is 9.36 Å². The highest BCUT2D eigenvalue weighted by molar-refractivity contribution is 5.95. The molecule has 0 spiro atoms. The first-order valence-electron chi connectivity index (χ1n) is 6.72. The van der Waals surface area contributed by atoms with E-state index in [4.69, 9.17) is 0 Å². The van der Waals surface area contributed by atoms with Gasteiger partial charge in [0.2, 0.25) is 5.91 Å². The molecule has 2 unspecified atom stereocenters. The van der Waals surface area contributed by atoms with Gasteiger partial charge in [-0.25, -0.2) is 9.97 Å². The van der Waals surface area contributed by atoms with E-state index in [1.807, 2.05) is 22.9 Å². The summed E-state index contributed by atoms with van der Waals surface area (Å²) in [4.78, 5) is 20.4. The van der Waals surface area contributed by atoms with Gasteiger partial charge in [0.15, 0.2) is 0 Å². The molecule has 6 heteroatoms. The first kappa shape index (κ1) is 12.8. The third-order valence-corrected chi connectivity index (χ3v) is 3.60. The molecular formula is C14H17N5O. The molecule has 1 saturated heterocycles. The maximum Gasteiger partial charge on any atom is 0.241 e. The number of rotatable bonds is 3. The quantitative estimate of drug-likeness (QED) is 0.880. The van der Waals surface area contributed by atoms with Crippen molar-refractivity contribution in [2.45, 2.75) is 19.4 Å². The Hall–Kier alpha value is -2.21. The lowest BCUT2D eigenvalue weighted by molar-refractivity contribution is -0.118. The second kappa shape index (κ2) is 5.42. The van der Waals surface area contributed by atoms with Gasteiger partial charge in [-0.15, -0.1) is 0 Å². The van der Waals surface area contributed by atoms with Crippen molar-refractivity contribution in [1.29, 1.82) is 0 Å². The van der Waals surface area contributed by atoms with Crippen LogP contribution in [-0.4, -0.2) is 33.0 Å².